The van der Waals surface area contributed by atoms with E-state index in [1.165, 1.54) is 25.8 Å². The van der Waals surface area contributed by atoms with Gasteiger partial charge in [0.1, 0.15) is 5.76 Å². The van der Waals surface area contributed by atoms with Crippen molar-refractivity contribution in [1.82, 2.24) is 4.90 Å². The molecule has 2 N–H and O–H groups in total. The third-order valence-corrected chi connectivity index (χ3v) is 4.66. The number of rotatable bonds is 2. The van der Waals surface area contributed by atoms with Gasteiger partial charge in [-0.2, -0.15) is 0 Å². The second-order valence-electron chi connectivity index (χ2n) is 5.42. The molecule has 0 radical (unpaired) electrons. The summed E-state index contributed by atoms with van der Waals surface area (Å²) in [7, 11) is 0. The zero-order valence-corrected chi connectivity index (χ0v) is 11.5. The first kappa shape index (κ1) is 11.8. The van der Waals surface area contributed by atoms with E-state index in [9.17, 15) is 0 Å². The molecule has 2 fully saturated rings. The summed E-state index contributed by atoms with van der Waals surface area (Å²) in [6.07, 6.45) is 3.88. The molecule has 0 spiro atoms. The second kappa shape index (κ2) is 4.75. The minimum atomic E-state index is 0.419. The molecule has 1 aliphatic heterocycles. The summed E-state index contributed by atoms with van der Waals surface area (Å²) in [6, 6.07) is 4.43. The Labute approximate surface area is 110 Å². The third-order valence-electron chi connectivity index (χ3n) is 4.24. The molecule has 0 bridgehead atoms. The zero-order valence-electron chi connectivity index (χ0n) is 9.94. The molecule has 0 aromatic carbocycles. The highest BCUT2D eigenvalue weighted by Crippen LogP contribution is 2.36. The molecule has 1 aliphatic carbocycles. The Kier molecular flexibility index (Phi) is 3.28. The number of fused-ring (bicyclic) bond motifs is 1. The lowest BCUT2D eigenvalue weighted by Crippen LogP contribution is -2.38. The largest absolute Gasteiger partial charge is 0.453 e. The molecule has 1 saturated heterocycles. The van der Waals surface area contributed by atoms with Gasteiger partial charge in [-0.05, 0) is 52.7 Å². The second-order valence-corrected chi connectivity index (χ2v) is 6.20. The van der Waals surface area contributed by atoms with Crippen LogP contribution in [0.25, 0.3) is 0 Å². The summed E-state index contributed by atoms with van der Waals surface area (Å²) in [5, 5.41) is 0. The summed E-state index contributed by atoms with van der Waals surface area (Å²) >= 11 is 3.35. The van der Waals surface area contributed by atoms with Crippen molar-refractivity contribution in [3.05, 3.63) is 22.6 Å². The van der Waals surface area contributed by atoms with Crippen LogP contribution in [0.5, 0.6) is 0 Å². The summed E-state index contributed by atoms with van der Waals surface area (Å²) in [4.78, 5) is 2.49. The highest BCUT2D eigenvalue weighted by molar-refractivity contribution is 9.10. The van der Waals surface area contributed by atoms with Gasteiger partial charge >= 0.3 is 0 Å². The van der Waals surface area contributed by atoms with Gasteiger partial charge in [0.05, 0.1) is 6.54 Å². The maximum atomic E-state index is 6.22. The highest BCUT2D eigenvalue weighted by atomic mass is 79.9. The molecule has 1 saturated carbocycles. The molecule has 0 amide bonds. The van der Waals surface area contributed by atoms with Crippen molar-refractivity contribution >= 4 is 15.9 Å². The molecule has 1 aromatic rings. The molecule has 94 valence electrons. The number of likely N-dealkylation sites (tertiary alicyclic amines) is 1. The van der Waals surface area contributed by atoms with Crippen LogP contribution in [0.4, 0.5) is 0 Å². The average Bonchev–Trinajstić information content (AvgIpc) is 2.86. The molecule has 1 aromatic heterocycles. The number of furan rings is 1. The number of halogens is 1. The lowest BCUT2D eigenvalue weighted by Gasteiger charge is -2.29. The number of nitrogens with zero attached hydrogens (tertiary/aromatic N) is 1. The summed E-state index contributed by atoms with van der Waals surface area (Å²) in [5.74, 6) is 2.57. The number of nitrogens with two attached hydrogens (primary N) is 1. The van der Waals surface area contributed by atoms with Gasteiger partial charge in [-0.3, -0.25) is 4.90 Å². The molecule has 3 unspecified atom stereocenters. The van der Waals surface area contributed by atoms with E-state index in [1.807, 2.05) is 12.1 Å². The first-order valence-corrected chi connectivity index (χ1v) is 7.24. The Bertz CT molecular complexity index is 393. The monoisotopic (exact) mass is 298 g/mol. The van der Waals surface area contributed by atoms with Crippen molar-refractivity contribution in [2.45, 2.75) is 31.8 Å². The van der Waals surface area contributed by atoms with Gasteiger partial charge in [0.15, 0.2) is 4.67 Å². The van der Waals surface area contributed by atoms with E-state index >= 15 is 0 Å². The third kappa shape index (κ3) is 2.44. The number of hydrogen-bond acceptors (Lipinski definition) is 3. The molecular formula is C13H19BrN2O. The minimum absolute atomic E-state index is 0.419. The van der Waals surface area contributed by atoms with Crippen LogP contribution in [0.15, 0.2) is 21.2 Å². The Morgan fingerprint density at radius 1 is 1.35 bits per heavy atom. The smallest absolute Gasteiger partial charge is 0.169 e. The summed E-state index contributed by atoms with van der Waals surface area (Å²) in [5.41, 5.74) is 6.22. The first-order valence-electron chi connectivity index (χ1n) is 6.44. The quantitative estimate of drug-likeness (QED) is 0.913. The standard InChI is InChI=1S/C13H19BrN2O/c14-13-5-4-10(17-13)7-16-6-9-2-1-3-12(15)11(9)8-16/h4-5,9,11-12H,1-3,6-8,15H2. The van der Waals surface area contributed by atoms with Gasteiger partial charge in [-0.15, -0.1) is 0 Å². The van der Waals surface area contributed by atoms with Crippen molar-refractivity contribution in [2.24, 2.45) is 17.6 Å². The van der Waals surface area contributed by atoms with Gasteiger partial charge in [-0.1, -0.05) is 6.42 Å². The predicted molar refractivity (Wildman–Crippen MR) is 70.5 cm³/mol. The van der Waals surface area contributed by atoms with Crippen LogP contribution < -0.4 is 5.73 Å². The van der Waals surface area contributed by atoms with E-state index in [4.69, 9.17) is 10.2 Å². The van der Waals surface area contributed by atoms with Gasteiger partial charge in [0.2, 0.25) is 0 Å². The normalized spacial score (nSPS) is 33.9. The van der Waals surface area contributed by atoms with E-state index in [1.54, 1.807) is 0 Å². The van der Waals surface area contributed by atoms with E-state index in [-0.39, 0.29) is 0 Å². The van der Waals surface area contributed by atoms with E-state index in [0.29, 0.717) is 12.0 Å². The lowest BCUT2D eigenvalue weighted by atomic mass is 9.78. The van der Waals surface area contributed by atoms with Gasteiger partial charge in [0.25, 0.3) is 0 Å². The molecule has 3 rings (SSSR count). The van der Waals surface area contributed by atoms with Crippen LogP contribution in [0.3, 0.4) is 0 Å². The predicted octanol–water partition coefficient (Wildman–Crippen LogP) is 2.60. The fourth-order valence-electron chi connectivity index (χ4n) is 3.40. The van der Waals surface area contributed by atoms with Crippen molar-refractivity contribution in [3.8, 4) is 0 Å². The average molecular weight is 299 g/mol. The molecular weight excluding hydrogens is 280 g/mol. The zero-order chi connectivity index (χ0) is 11.8. The van der Waals surface area contributed by atoms with Crippen molar-refractivity contribution in [1.29, 1.82) is 0 Å². The summed E-state index contributed by atoms with van der Waals surface area (Å²) < 4.78 is 6.39. The molecule has 3 nitrogen and oxygen atoms in total. The maximum absolute atomic E-state index is 6.22. The van der Waals surface area contributed by atoms with Crippen molar-refractivity contribution in [2.75, 3.05) is 13.1 Å². The van der Waals surface area contributed by atoms with Crippen LogP contribution in [0, 0.1) is 11.8 Å². The maximum Gasteiger partial charge on any atom is 0.169 e. The van der Waals surface area contributed by atoms with E-state index in [2.05, 4.69) is 20.8 Å². The van der Waals surface area contributed by atoms with Crippen molar-refractivity contribution in [3.63, 3.8) is 0 Å². The van der Waals surface area contributed by atoms with Crippen LogP contribution in [-0.2, 0) is 6.54 Å². The fourth-order valence-corrected chi connectivity index (χ4v) is 3.74. The van der Waals surface area contributed by atoms with E-state index in [0.717, 1.165) is 29.4 Å². The Morgan fingerprint density at radius 3 is 2.94 bits per heavy atom. The molecule has 4 heteroatoms. The van der Waals surface area contributed by atoms with Gasteiger partial charge in [0, 0.05) is 19.1 Å². The SMILES string of the molecule is NC1CCCC2CN(Cc3ccc(Br)o3)CC12. The summed E-state index contributed by atoms with van der Waals surface area (Å²) in [6.45, 7) is 3.26. The van der Waals surface area contributed by atoms with Gasteiger partial charge < -0.3 is 10.2 Å². The topological polar surface area (TPSA) is 42.4 Å². The fraction of sp³-hybridized carbons (Fsp3) is 0.692. The Balaban J connectivity index is 1.63. The Morgan fingerprint density at radius 2 is 2.24 bits per heavy atom. The van der Waals surface area contributed by atoms with Crippen molar-refractivity contribution < 1.29 is 4.42 Å². The highest BCUT2D eigenvalue weighted by Gasteiger charge is 2.38. The molecule has 2 heterocycles. The molecule has 17 heavy (non-hydrogen) atoms. The van der Waals surface area contributed by atoms with E-state index < -0.39 is 0 Å². The minimum Gasteiger partial charge on any atom is -0.453 e. The van der Waals surface area contributed by atoms with Crippen LogP contribution in [0.1, 0.15) is 25.0 Å². The lowest BCUT2D eigenvalue weighted by molar-refractivity contribution is 0.258. The first-order chi connectivity index (χ1) is 8.22. The Hall–Kier alpha value is -0.320. The molecule has 2 aliphatic rings. The van der Waals surface area contributed by atoms with Gasteiger partial charge in [-0.25, -0.2) is 0 Å². The number of hydrogen-bond donors (Lipinski definition) is 1. The van der Waals surface area contributed by atoms with Crippen LogP contribution in [-0.4, -0.2) is 24.0 Å². The van der Waals surface area contributed by atoms with Crippen LogP contribution in [0.2, 0.25) is 0 Å². The molecule has 3 atom stereocenters. The van der Waals surface area contributed by atoms with Crippen LogP contribution >= 0.6 is 15.9 Å².